The lowest BCUT2D eigenvalue weighted by Crippen LogP contribution is -2.16. The second-order valence-electron chi connectivity index (χ2n) is 4.93. The van der Waals surface area contributed by atoms with E-state index < -0.39 is 10.0 Å². The molecule has 7 heteroatoms. The highest BCUT2D eigenvalue weighted by Crippen LogP contribution is 2.16. The summed E-state index contributed by atoms with van der Waals surface area (Å²) in [4.78, 5) is 15.3. The number of anilines is 1. The van der Waals surface area contributed by atoms with E-state index >= 15 is 0 Å². The molecule has 2 rings (SSSR count). The first-order valence-corrected chi connectivity index (χ1v) is 7.80. The maximum absolute atomic E-state index is 12.2. The summed E-state index contributed by atoms with van der Waals surface area (Å²) in [7, 11) is 0.174. The first-order chi connectivity index (χ1) is 9.87. The average Bonchev–Trinajstić information content (AvgIpc) is 2.38. The lowest BCUT2D eigenvalue weighted by molar-refractivity contribution is 0.402. The van der Waals surface area contributed by atoms with Crippen LogP contribution >= 0.6 is 0 Å². The fraction of sp³-hybridized carbons (Fsp3) is 0.214. The first kappa shape index (κ1) is 15.3. The number of H-pyrrole nitrogens is 1. The van der Waals surface area contributed by atoms with Gasteiger partial charge in [-0.1, -0.05) is 12.1 Å². The number of sulfonamides is 1. The first-order valence-electron chi connectivity index (χ1n) is 6.32. The Kier molecular flexibility index (Phi) is 4.44. The summed E-state index contributed by atoms with van der Waals surface area (Å²) in [5.74, 6) is 0. The molecule has 0 unspecified atom stereocenters. The highest BCUT2D eigenvalue weighted by Gasteiger charge is 2.14. The van der Waals surface area contributed by atoms with Crippen molar-refractivity contribution in [3.05, 3.63) is 58.5 Å². The van der Waals surface area contributed by atoms with Crippen LogP contribution in [0.25, 0.3) is 0 Å². The molecule has 0 amide bonds. The summed E-state index contributed by atoms with van der Waals surface area (Å²) in [6.07, 6.45) is 1.17. The van der Waals surface area contributed by atoms with Gasteiger partial charge in [0, 0.05) is 24.5 Å². The van der Waals surface area contributed by atoms with Crippen LogP contribution in [0.2, 0.25) is 0 Å². The largest absolute Gasteiger partial charge is 0.328 e. The van der Waals surface area contributed by atoms with Gasteiger partial charge >= 0.3 is 0 Å². The molecule has 0 bridgehead atoms. The number of hydrogen-bond acceptors (Lipinski definition) is 4. The van der Waals surface area contributed by atoms with Crippen LogP contribution in [0, 0.1) is 0 Å². The fourth-order valence-corrected chi connectivity index (χ4v) is 2.89. The Bertz CT molecular complexity index is 762. The molecule has 1 heterocycles. The Hall–Kier alpha value is -2.12. The predicted octanol–water partition coefficient (Wildman–Crippen LogP) is 1.24. The van der Waals surface area contributed by atoms with Crippen molar-refractivity contribution in [1.82, 2.24) is 9.88 Å². The van der Waals surface area contributed by atoms with Crippen molar-refractivity contribution in [3.8, 4) is 0 Å². The second-order valence-corrected chi connectivity index (χ2v) is 6.61. The van der Waals surface area contributed by atoms with Crippen LogP contribution in [0.5, 0.6) is 0 Å². The third-order valence-corrected chi connectivity index (χ3v) is 4.12. The predicted molar refractivity (Wildman–Crippen MR) is 81.7 cm³/mol. The Morgan fingerprint density at radius 3 is 2.57 bits per heavy atom. The number of benzene rings is 1. The van der Waals surface area contributed by atoms with Crippen LogP contribution in [0.1, 0.15) is 5.56 Å². The molecule has 0 aliphatic heterocycles. The van der Waals surface area contributed by atoms with E-state index in [9.17, 15) is 13.2 Å². The molecule has 0 saturated carbocycles. The number of rotatable bonds is 5. The minimum atomic E-state index is -3.71. The van der Waals surface area contributed by atoms with Crippen molar-refractivity contribution < 1.29 is 8.42 Å². The molecule has 21 heavy (non-hydrogen) atoms. The van der Waals surface area contributed by atoms with Gasteiger partial charge in [0.2, 0.25) is 5.56 Å². The molecule has 0 radical (unpaired) electrons. The van der Waals surface area contributed by atoms with E-state index in [1.54, 1.807) is 18.2 Å². The summed E-state index contributed by atoms with van der Waals surface area (Å²) in [5.41, 5.74) is 1.14. The molecule has 112 valence electrons. The van der Waals surface area contributed by atoms with Crippen molar-refractivity contribution in [2.45, 2.75) is 11.4 Å². The van der Waals surface area contributed by atoms with Gasteiger partial charge in [-0.05, 0) is 37.9 Å². The van der Waals surface area contributed by atoms with Crippen LogP contribution in [-0.4, -0.2) is 32.4 Å². The number of nitrogens with zero attached hydrogens (tertiary/aromatic N) is 1. The van der Waals surface area contributed by atoms with Gasteiger partial charge in [-0.25, -0.2) is 8.42 Å². The van der Waals surface area contributed by atoms with Gasteiger partial charge in [0.1, 0.15) is 4.90 Å². The Morgan fingerprint density at radius 2 is 1.95 bits per heavy atom. The van der Waals surface area contributed by atoms with Crippen molar-refractivity contribution in [2.24, 2.45) is 0 Å². The van der Waals surface area contributed by atoms with Crippen molar-refractivity contribution in [3.63, 3.8) is 0 Å². The summed E-state index contributed by atoms with van der Waals surface area (Å²) in [6.45, 7) is 0.716. The molecule has 6 nitrogen and oxygen atoms in total. The zero-order valence-electron chi connectivity index (χ0n) is 11.8. The molecule has 0 saturated heterocycles. The van der Waals surface area contributed by atoms with Crippen LogP contribution in [0.4, 0.5) is 5.69 Å². The van der Waals surface area contributed by atoms with Gasteiger partial charge in [0.05, 0.1) is 0 Å². The van der Waals surface area contributed by atoms with Crippen molar-refractivity contribution in [2.75, 3.05) is 18.8 Å². The molecule has 2 N–H and O–H groups in total. The molecular formula is C14H17N3O3S. The maximum Gasteiger partial charge on any atom is 0.263 e. The zero-order chi connectivity index (χ0) is 15.5. The standard InChI is InChI=1S/C14H17N3O3S/c1-17(2)10-11-4-3-5-12(8-11)16-21(19,20)13-6-7-14(18)15-9-13/h3-9,16H,10H2,1-2H3,(H,15,18). The van der Waals surface area contributed by atoms with E-state index in [0.29, 0.717) is 12.2 Å². The summed E-state index contributed by atoms with van der Waals surface area (Å²) >= 11 is 0. The normalized spacial score (nSPS) is 11.6. The number of aromatic amines is 1. The molecule has 2 aromatic rings. The van der Waals surface area contributed by atoms with Crippen LogP contribution in [0.3, 0.4) is 0 Å². The minimum absolute atomic E-state index is 0.0140. The summed E-state index contributed by atoms with van der Waals surface area (Å²) < 4.78 is 26.9. The molecule has 1 aromatic heterocycles. The topological polar surface area (TPSA) is 82.3 Å². The second kappa shape index (κ2) is 6.11. The van der Waals surface area contributed by atoms with E-state index in [1.165, 1.54) is 18.3 Å². The lowest BCUT2D eigenvalue weighted by Gasteiger charge is -2.12. The van der Waals surface area contributed by atoms with Gasteiger partial charge in [0.25, 0.3) is 10.0 Å². The van der Waals surface area contributed by atoms with E-state index in [4.69, 9.17) is 0 Å². The van der Waals surface area contributed by atoms with Gasteiger partial charge in [-0.15, -0.1) is 0 Å². The SMILES string of the molecule is CN(C)Cc1cccc(NS(=O)(=O)c2ccc(=O)[nH]c2)c1. The Balaban J connectivity index is 2.24. The van der Waals surface area contributed by atoms with Gasteiger partial charge < -0.3 is 9.88 Å². The van der Waals surface area contributed by atoms with Crippen molar-refractivity contribution in [1.29, 1.82) is 0 Å². The van der Waals surface area contributed by atoms with E-state index in [0.717, 1.165) is 5.56 Å². The fourth-order valence-electron chi connectivity index (χ4n) is 1.88. The van der Waals surface area contributed by atoms with Gasteiger partial charge in [0.15, 0.2) is 0 Å². The monoisotopic (exact) mass is 307 g/mol. The van der Waals surface area contributed by atoms with Crippen LogP contribution in [0.15, 0.2) is 52.3 Å². The third kappa shape index (κ3) is 4.17. The highest BCUT2D eigenvalue weighted by molar-refractivity contribution is 7.92. The molecule has 0 fully saturated rings. The van der Waals surface area contributed by atoms with Crippen molar-refractivity contribution >= 4 is 15.7 Å². The Morgan fingerprint density at radius 1 is 1.19 bits per heavy atom. The number of hydrogen-bond donors (Lipinski definition) is 2. The maximum atomic E-state index is 12.2. The number of nitrogens with one attached hydrogen (secondary N) is 2. The zero-order valence-corrected chi connectivity index (χ0v) is 12.6. The van der Waals surface area contributed by atoms with Gasteiger partial charge in [-0.2, -0.15) is 0 Å². The third-order valence-electron chi connectivity index (χ3n) is 2.74. The lowest BCUT2D eigenvalue weighted by atomic mass is 10.2. The quantitative estimate of drug-likeness (QED) is 0.870. The summed E-state index contributed by atoms with van der Waals surface area (Å²) in [5, 5.41) is 0. The molecular weight excluding hydrogens is 290 g/mol. The average molecular weight is 307 g/mol. The number of pyridine rings is 1. The molecule has 0 aliphatic carbocycles. The van der Waals surface area contributed by atoms with E-state index in [2.05, 4.69) is 9.71 Å². The molecule has 0 atom stereocenters. The molecule has 0 spiro atoms. The highest BCUT2D eigenvalue weighted by atomic mass is 32.2. The van der Waals surface area contributed by atoms with Crippen LogP contribution < -0.4 is 10.3 Å². The molecule has 1 aromatic carbocycles. The molecule has 0 aliphatic rings. The van der Waals surface area contributed by atoms with Crippen LogP contribution in [-0.2, 0) is 16.6 Å². The number of aromatic nitrogens is 1. The smallest absolute Gasteiger partial charge is 0.263 e. The van der Waals surface area contributed by atoms with E-state index in [-0.39, 0.29) is 10.5 Å². The minimum Gasteiger partial charge on any atom is -0.328 e. The van der Waals surface area contributed by atoms with Gasteiger partial charge in [-0.3, -0.25) is 9.52 Å². The summed E-state index contributed by atoms with van der Waals surface area (Å²) in [6, 6.07) is 9.63. The van der Waals surface area contributed by atoms with E-state index in [1.807, 2.05) is 25.1 Å². The Labute approximate surface area is 123 Å².